The van der Waals surface area contributed by atoms with Crippen molar-refractivity contribution in [3.05, 3.63) is 47.7 Å². The van der Waals surface area contributed by atoms with Crippen LogP contribution in [0.5, 0.6) is 0 Å². The van der Waals surface area contributed by atoms with Gasteiger partial charge in [-0.25, -0.2) is 0 Å². The highest BCUT2D eigenvalue weighted by atomic mass is 16.7. The molecule has 3 rings (SSSR count). The molecule has 0 aromatic heterocycles. The van der Waals surface area contributed by atoms with E-state index in [-0.39, 0.29) is 18.8 Å². The van der Waals surface area contributed by atoms with Crippen LogP contribution in [0.1, 0.15) is 50.5 Å². The third kappa shape index (κ3) is 6.35. The lowest BCUT2D eigenvalue weighted by Crippen LogP contribution is -2.35. The van der Waals surface area contributed by atoms with Gasteiger partial charge in [0.05, 0.1) is 6.61 Å². The number of aliphatic hydroxyl groups excluding tert-OH is 1. The second kappa shape index (κ2) is 11.2. The molecule has 1 aliphatic carbocycles. The predicted molar refractivity (Wildman–Crippen MR) is 108 cm³/mol. The van der Waals surface area contributed by atoms with Crippen LogP contribution in [-0.4, -0.2) is 37.1 Å². The molecular formula is C23H33NO4. The summed E-state index contributed by atoms with van der Waals surface area (Å²) in [5.74, 6) is 1.22. The van der Waals surface area contributed by atoms with Crippen molar-refractivity contribution in [3.8, 4) is 0 Å². The number of benzene rings is 1. The van der Waals surface area contributed by atoms with Crippen LogP contribution in [0.25, 0.3) is 0 Å². The van der Waals surface area contributed by atoms with E-state index in [1.54, 1.807) is 0 Å². The molecule has 2 atom stereocenters. The maximum absolute atomic E-state index is 12.7. The van der Waals surface area contributed by atoms with Gasteiger partial charge in [0.25, 0.3) is 5.91 Å². The number of allylic oxidation sites excluding steroid dienone is 1. The fraction of sp³-hybridized carbons (Fsp3) is 0.609. The Bertz CT molecular complexity index is 625. The Hall–Kier alpha value is -1.85. The normalized spacial score (nSPS) is 22.5. The van der Waals surface area contributed by atoms with Crippen LogP contribution in [0.4, 0.5) is 0 Å². The van der Waals surface area contributed by atoms with E-state index in [2.05, 4.69) is 17.4 Å². The van der Waals surface area contributed by atoms with E-state index in [1.165, 1.54) is 31.2 Å². The van der Waals surface area contributed by atoms with Crippen LogP contribution in [0.15, 0.2) is 42.2 Å². The van der Waals surface area contributed by atoms with Crippen LogP contribution >= 0.6 is 0 Å². The number of rotatable bonds is 10. The number of hydrogen-bond acceptors (Lipinski definition) is 4. The van der Waals surface area contributed by atoms with E-state index in [9.17, 15) is 4.79 Å². The zero-order valence-electron chi connectivity index (χ0n) is 16.6. The molecule has 5 heteroatoms. The summed E-state index contributed by atoms with van der Waals surface area (Å²) in [6.45, 7) is 1.31. The lowest BCUT2D eigenvalue weighted by atomic mass is 9.86. The van der Waals surface area contributed by atoms with E-state index in [1.807, 2.05) is 24.3 Å². The molecule has 1 saturated carbocycles. The van der Waals surface area contributed by atoms with E-state index in [0.717, 1.165) is 25.7 Å². The van der Waals surface area contributed by atoms with E-state index in [4.69, 9.17) is 14.6 Å². The molecule has 5 nitrogen and oxygen atoms in total. The van der Waals surface area contributed by atoms with Crippen molar-refractivity contribution in [2.45, 2.75) is 57.7 Å². The number of carbonyl (C=O) groups excluding carboxylic acids is 1. The number of unbranched alkanes of at least 4 members (excludes halogenated alkanes) is 1. The molecule has 0 bridgehead atoms. The van der Waals surface area contributed by atoms with Gasteiger partial charge in [-0.2, -0.15) is 0 Å². The fourth-order valence-electron chi connectivity index (χ4n) is 4.14. The molecule has 1 heterocycles. The Balaban J connectivity index is 1.54. The highest BCUT2D eigenvalue weighted by Crippen LogP contribution is 2.38. The van der Waals surface area contributed by atoms with Gasteiger partial charge in [-0.15, -0.1) is 0 Å². The summed E-state index contributed by atoms with van der Waals surface area (Å²) in [7, 11) is 0. The summed E-state index contributed by atoms with van der Waals surface area (Å²) in [6.07, 6.45) is 9.78. The number of amides is 1. The highest BCUT2D eigenvalue weighted by molar-refractivity contribution is 5.91. The Morgan fingerprint density at radius 3 is 2.71 bits per heavy atom. The molecule has 1 fully saturated rings. The first-order chi connectivity index (χ1) is 13.8. The summed E-state index contributed by atoms with van der Waals surface area (Å²) < 4.78 is 11.8. The lowest BCUT2D eigenvalue weighted by Gasteiger charge is -2.32. The van der Waals surface area contributed by atoms with Gasteiger partial charge in [-0.05, 0) is 55.6 Å². The Labute approximate surface area is 168 Å². The summed E-state index contributed by atoms with van der Waals surface area (Å²) in [5, 5.41) is 11.9. The van der Waals surface area contributed by atoms with Crippen LogP contribution in [0.3, 0.4) is 0 Å². The van der Waals surface area contributed by atoms with Gasteiger partial charge < -0.3 is 19.9 Å². The van der Waals surface area contributed by atoms with Gasteiger partial charge in [0.1, 0.15) is 0 Å². The van der Waals surface area contributed by atoms with Crippen LogP contribution in [0, 0.1) is 11.8 Å². The summed E-state index contributed by atoms with van der Waals surface area (Å²) in [6, 6.07) is 10.1. The minimum Gasteiger partial charge on any atom is -0.459 e. The monoisotopic (exact) mass is 387 g/mol. The summed E-state index contributed by atoms with van der Waals surface area (Å²) >= 11 is 0. The van der Waals surface area contributed by atoms with Crippen LogP contribution in [-0.2, 0) is 20.7 Å². The minimum atomic E-state index is -0.371. The third-order valence-corrected chi connectivity index (χ3v) is 5.72. The fourth-order valence-corrected chi connectivity index (χ4v) is 4.14. The smallest absolute Gasteiger partial charge is 0.286 e. The first-order valence-electron chi connectivity index (χ1n) is 10.7. The number of hydrogen-bond donors (Lipinski definition) is 2. The van der Waals surface area contributed by atoms with Gasteiger partial charge in [-0.3, -0.25) is 4.79 Å². The molecule has 2 N–H and O–H groups in total. The average molecular weight is 388 g/mol. The van der Waals surface area contributed by atoms with Gasteiger partial charge >= 0.3 is 0 Å². The van der Waals surface area contributed by atoms with Crippen molar-refractivity contribution in [2.24, 2.45) is 11.8 Å². The molecule has 1 aliphatic heterocycles. The highest BCUT2D eigenvalue weighted by Gasteiger charge is 2.33. The predicted octanol–water partition coefficient (Wildman–Crippen LogP) is 3.57. The Morgan fingerprint density at radius 2 is 1.96 bits per heavy atom. The van der Waals surface area contributed by atoms with E-state index >= 15 is 0 Å². The second-order valence-corrected chi connectivity index (χ2v) is 7.82. The SMILES string of the molecule is O=C(NCCc1ccccc1)C1=C[C@H](C2CCCC2)C[C@H](OCCCCO)O1. The Kier molecular flexibility index (Phi) is 8.37. The number of nitrogens with one attached hydrogen (secondary N) is 1. The molecule has 1 aromatic carbocycles. The Morgan fingerprint density at radius 1 is 1.18 bits per heavy atom. The number of ether oxygens (including phenoxy) is 2. The first-order valence-corrected chi connectivity index (χ1v) is 10.7. The van der Waals surface area contributed by atoms with Crippen molar-refractivity contribution in [1.29, 1.82) is 0 Å². The van der Waals surface area contributed by atoms with Crippen molar-refractivity contribution in [2.75, 3.05) is 19.8 Å². The van der Waals surface area contributed by atoms with Crippen molar-refractivity contribution in [1.82, 2.24) is 5.32 Å². The summed E-state index contributed by atoms with van der Waals surface area (Å²) in [5.41, 5.74) is 1.20. The molecule has 1 aromatic rings. The second-order valence-electron chi connectivity index (χ2n) is 7.82. The quantitative estimate of drug-likeness (QED) is 0.602. The lowest BCUT2D eigenvalue weighted by molar-refractivity contribution is -0.151. The van der Waals surface area contributed by atoms with Crippen LogP contribution in [0.2, 0.25) is 0 Å². The molecule has 0 saturated heterocycles. The molecule has 154 valence electrons. The molecule has 28 heavy (non-hydrogen) atoms. The maximum atomic E-state index is 12.7. The van der Waals surface area contributed by atoms with Crippen molar-refractivity contribution in [3.63, 3.8) is 0 Å². The first kappa shape index (κ1) is 20.9. The standard InChI is InChI=1S/C23H33NO4/c25-14-6-7-15-27-22-17-20(19-10-4-5-11-19)16-21(28-22)23(26)24-13-12-18-8-2-1-3-9-18/h1-3,8-9,16,19-20,22,25H,4-7,10-15,17H2,(H,24,26)/t20-,22+/m0/s1. The average Bonchev–Trinajstić information content (AvgIpc) is 3.27. The van der Waals surface area contributed by atoms with Gasteiger partial charge in [-0.1, -0.05) is 43.2 Å². The van der Waals surface area contributed by atoms with Gasteiger partial charge in [0.2, 0.25) is 6.29 Å². The maximum Gasteiger partial charge on any atom is 0.286 e. The molecule has 0 unspecified atom stereocenters. The van der Waals surface area contributed by atoms with Gasteiger partial charge in [0.15, 0.2) is 5.76 Å². The molecule has 0 spiro atoms. The summed E-state index contributed by atoms with van der Waals surface area (Å²) in [4.78, 5) is 12.7. The molecule has 0 radical (unpaired) electrons. The largest absolute Gasteiger partial charge is 0.459 e. The minimum absolute atomic E-state index is 0.150. The number of aliphatic hydroxyl groups is 1. The van der Waals surface area contributed by atoms with E-state index < -0.39 is 0 Å². The topological polar surface area (TPSA) is 67.8 Å². The van der Waals surface area contributed by atoms with Crippen molar-refractivity contribution < 1.29 is 19.4 Å². The zero-order valence-corrected chi connectivity index (χ0v) is 16.6. The molecule has 2 aliphatic rings. The third-order valence-electron chi connectivity index (χ3n) is 5.72. The van der Waals surface area contributed by atoms with Crippen LogP contribution < -0.4 is 5.32 Å². The van der Waals surface area contributed by atoms with Crippen molar-refractivity contribution >= 4 is 5.91 Å². The molecular weight excluding hydrogens is 354 g/mol. The number of carbonyl (C=O) groups is 1. The van der Waals surface area contributed by atoms with E-state index in [0.29, 0.717) is 30.7 Å². The molecule has 1 amide bonds. The van der Waals surface area contributed by atoms with Gasteiger partial charge in [0, 0.05) is 19.6 Å². The zero-order chi connectivity index (χ0) is 19.6.